The van der Waals surface area contributed by atoms with Crippen LogP contribution in [0.5, 0.6) is 0 Å². The molecule has 0 aliphatic heterocycles. The van der Waals surface area contributed by atoms with Gasteiger partial charge in [0.05, 0.1) is 18.2 Å². The molecule has 5 heteroatoms. The third-order valence-corrected chi connectivity index (χ3v) is 2.37. The number of nitrogens with two attached hydrogens (primary N) is 2. The van der Waals surface area contributed by atoms with E-state index in [1.807, 2.05) is 6.92 Å². The van der Waals surface area contributed by atoms with Crippen molar-refractivity contribution >= 4 is 17.3 Å². The summed E-state index contributed by atoms with van der Waals surface area (Å²) in [6, 6.07) is 4.48. The number of anilines is 2. The van der Waals surface area contributed by atoms with Crippen molar-refractivity contribution in [2.75, 3.05) is 18.1 Å². The van der Waals surface area contributed by atoms with Gasteiger partial charge in [-0.1, -0.05) is 6.92 Å². The fraction of sp³-hybridized carbons (Fsp3) is 0.364. The fourth-order valence-electron chi connectivity index (χ4n) is 1.33. The van der Waals surface area contributed by atoms with Crippen molar-refractivity contribution in [2.45, 2.75) is 19.4 Å². The molecule has 0 aromatic heterocycles. The maximum absolute atomic E-state index is 11.8. The number of benzene rings is 1. The van der Waals surface area contributed by atoms with Gasteiger partial charge in [-0.2, -0.15) is 0 Å². The predicted molar refractivity (Wildman–Crippen MR) is 63.9 cm³/mol. The summed E-state index contributed by atoms with van der Waals surface area (Å²) in [5, 5.41) is 11.7. The molecule has 0 unspecified atom stereocenters. The summed E-state index contributed by atoms with van der Waals surface area (Å²) >= 11 is 0. The molecular weight excluding hydrogens is 206 g/mol. The average molecular weight is 223 g/mol. The van der Waals surface area contributed by atoms with Crippen LogP contribution in [0.15, 0.2) is 18.2 Å². The molecular formula is C11H17N3O2. The highest BCUT2D eigenvalue weighted by molar-refractivity contribution is 5.99. The van der Waals surface area contributed by atoms with Crippen molar-refractivity contribution in [3.05, 3.63) is 23.8 Å². The highest BCUT2D eigenvalue weighted by Crippen LogP contribution is 2.15. The van der Waals surface area contributed by atoms with Gasteiger partial charge in [0.1, 0.15) is 0 Å². The Labute approximate surface area is 94.4 Å². The summed E-state index contributed by atoms with van der Waals surface area (Å²) in [6.45, 7) is 1.80. The van der Waals surface area contributed by atoms with Gasteiger partial charge < -0.3 is 21.9 Å². The van der Waals surface area contributed by atoms with Gasteiger partial charge in [-0.15, -0.1) is 0 Å². The first-order valence-electron chi connectivity index (χ1n) is 5.15. The molecule has 6 N–H and O–H groups in total. The van der Waals surface area contributed by atoms with Gasteiger partial charge in [0, 0.05) is 11.4 Å². The van der Waals surface area contributed by atoms with E-state index >= 15 is 0 Å². The summed E-state index contributed by atoms with van der Waals surface area (Å²) in [5.74, 6) is -0.293. The van der Waals surface area contributed by atoms with Gasteiger partial charge in [0.15, 0.2) is 0 Å². The predicted octanol–water partition coefficient (Wildman–Crippen LogP) is 0.352. The number of aliphatic hydroxyl groups excluding tert-OH is 1. The Morgan fingerprint density at radius 1 is 1.50 bits per heavy atom. The minimum atomic E-state index is -0.293. The van der Waals surface area contributed by atoms with Gasteiger partial charge in [-0.05, 0) is 24.6 Å². The SMILES string of the molecule is CC[C@@H](CO)NC(=O)c1ccc(N)cc1N. The monoisotopic (exact) mass is 223 g/mol. The largest absolute Gasteiger partial charge is 0.399 e. The van der Waals surface area contributed by atoms with Crippen molar-refractivity contribution in [3.63, 3.8) is 0 Å². The van der Waals surface area contributed by atoms with E-state index in [0.717, 1.165) is 0 Å². The van der Waals surface area contributed by atoms with E-state index in [-0.39, 0.29) is 18.6 Å². The Bertz CT molecular complexity index is 375. The highest BCUT2D eigenvalue weighted by atomic mass is 16.3. The summed E-state index contributed by atoms with van der Waals surface area (Å²) in [6.07, 6.45) is 0.664. The molecule has 0 saturated heterocycles. The zero-order valence-electron chi connectivity index (χ0n) is 9.23. The Kier molecular flexibility index (Phi) is 4.13. The summed E-state index contributed by atoms with van der Waals surface area (Å²) in [7, 11) is 0. The van der Waals surface area contributed by atoms with E-state index in [1.165, 1.54) is 6.07 Å². The molecule has 0 heterocycles. The van der Waals surface area contributed by atoms with Crippen LogP contribution in [0.1, 0.15) is 23.7 Å². The lowest BCUT2D eigenvalue weighted by atomic mass is 10.1. The highest BCUT2D eigenvalue weighted by Gasteiger charge is 2.13. The molecule has 5 nitrogen and oxygen atoms in total. The third-order valence-electron chi connectivity index (χ3n) is 2.37. The lowest BCUT2D eigenvalue weighted by Gasteiger charge is -2.14. The fourth-order valence-corrected chi connectivity index (χ4v) is 1.33. The lowest BCUT2D eigenvalue weighted by molar-refractivity contribution is 0.0916. The Morgan fingerprint density at radius 3 is 2.69 bits per heavy atom. The van der Waals surface area contributed by atoms with Crippen molar-refractivity contribution in [1.82, 2.24) is 5.32 Å². The van der Waals surface area contributed by atoms with Crippen LogP contribution in [-0.4, -0.2) is 23.7 Å². The maximum Gasteiger partial charge on any atom is 0.253 e. The Hall–Kier alpha value is -1.75. The third kappa shape index (κ3) is 2.87. The standard InChI is InChI=1S/C11H17N3O2/c1-2-8(6-15)14-11(16)9-4-3-7(12)5-10(9)13/h3-5,8,15H,2,6,12-13H2,1H3,(H,14,16)/t8-/m0/s1. The second-order valence-corrected chi connectivity index (χ2v) is 3.61. The van der Waals surface area contributed by atoms with Crippen LogP contribution in [0, 0.1) is 0 Å². The van der Waals surface area contributed by atoms with Crippen LogP contribution in [0.25, 0.3) is 0 Å². The molecule has 0 aliphatic rings. The van der Waals surface area contributed by atoms with Crippen LogP contribution in [0.4, 0.5) is 11.4 Å². The smallest absolute Gasteiger partial charge is 0.253 e. The summed E-state index contributed by atoms with van der Waals surface area (Å²) in [5.41, 5.74) is 12.4. The van der Waals surface area contributed by atoms with E-state index in [2.05, 4.69) is 5.32 Å². The van der Waals surface area contributed by atoms with E-state index in [0.29, 0.717) is 23.4 Å². The first-order chi connectivity index (χ1) is 7.58. The van der Waals surface area contributed by atoms with Gasteiger partial charge in [0.25, 0.3) is 5.91 Å². The Balaban J connectivity index is 2.80. The van der Waals surface area contributed by atoms with Crippen molar-refractivity contribution < 1.29 is 9.90 Å². The molecule has 1 aromatic rings. The van der Waals surface area contributed by atoms with Gasteiger partial charge in [-0.3, -0.25) is 4.79 Å². The number of hydrogen-bond acceptors (Lipinski definition) is 4. The normalized spacial score (nSPS) is 12.1. The van der Waals surface area contributed by atoms with Crippen molar-refractivity contribution in [1.29, 1.82) is 0 Å². The molecule has 0 saturated carbocycles. The molecule has 0 radical (unpaired) electrons. The molecule has 1 aromatic carbocycles. The maximum atomic E-state index is 11.8. The van der Waals surface area contributed by atoms with Crippen molar-refractivity contribution in [3.8, 4) is 0 Å². The molecule has 1 atom stereocenters. The minimum Gasteiger partial charge on any atom is -0.399 e. The van der Waals surface area contributed by atoms with Crippen LogP contribution in [0.3, 0.4) is 0 Å². The van der Waals surface area contributed by atoms with E-state index < -0.39 is 0 Å². The number of carbonyl (C=O) groups excluding carboxylic acids is 1. The lowest BCUT2D eigenvalue weighted by Crippen LogP contribution is -2.37. The van der Waals surface area contributed by atoms with Crippen molar-refractivity contribution in [2.24, 2.45) is 0 Å². The number of nitrogen functional groups attached to an aromatic ring is 2. The number of hydrogen-bond donors (Lipinski definition) is 4. The van der Waals surface area contributed by atoms with E-state index in [1.54, 1.807) is 12.1 Å². The van der Waals surface area contributed by atoms with Crippen LogP contribution in [-0.2, 0) is 0 Å². The average Bonchev–Trinajstić information content (AvgIpc) is 2.25. The van der Waals surface area contributed by atoms with Crippen LogP contribution >= 0.6 is 0 Å². The summed E-state index contributed by atoms with van der Waals surface area (Å²) in [4.78, 5) is 11.8. The number of carbonyl (C=O) groups is 1. The summed E-state index contributed by atoms with van der Waals surface area (Å²) < 4.78 is 0. The zero-order valence-corrected chi connectivity index (χ0v) is 9.23. The first kappa shape index (κ1) is 12.3. The second-order valence-electron chi connectivity index (χ2n) is 3.61. The number of nitrogens with one attached hydrogen (secondary N) is 1. The molecule has 16 heavy (non-hydrogen) atoms. The molecule has 0 aliphatic carbocycles. The van der Waals surface area contributed by atoms with Gasteiger partial charge >= 0.3 is 0 Å². The molecule has 0 fully saturated rings. The first-order valence-corrected chi connectivity index (χ1v) is 5.15. The van der Waals surface area contributed by atoms with E-state index in [4.69, 9.17) is 16.6 Å². The molecule has 1 rings (SSSR count). The molecule has 88 valence electrons. The quantitative estimate of drug-likeness (QED) is 0.553. The van der Waals surface area contributed by atoms with Crippen LogP contribution < -0.4 is 16.8 Å². The van der Waals surface area contributed by atoms with Gasteiger partial charge in [-0.25, -0.2) is 0 Å². The number of amides is 1. The molecule has 1 amide bonds. The topological polar surface area (TPSA) is 101 Å². The minimum absolute atomic E-state index is 0.0862. The van der Waals surface area contributed by atoms with Crippen LogP contribution in [0.2, 0.25) is 0 Å². The Morgan fingerprint density at radius 2 is 2.19 bits per heavy atom. The zero-order chi connectivity index (χ0) is 12.1. The van der Waals surface area contributed by atoms with Gasteiger partial charge in [0.2, 0.25) is 0 Å². The molecule has 0 bridgehead atoms. The number of rotatable bonds is 4. The second kappa shape index (κ2) is 5.37. The number of aliphatic hydroxyl groups is 1. The van der Waals surface area contributed by atoms with E-state index in [9.17, 15) is 4.79 Å². The molecule has 0 spiro atoms.